The van der Waals surface area contributed by atoms with E-state index in [2.05, 4.69) is 58.1 Å². The molecule has 0 amide bonds. The Balaban J connectivity index is 2.36. The van der Waals surface area contributed by atoms with Crippen LogP contribution in [-0.4, -0.2) is 19.2 Å². The summed E-state index contributed by atoms with van der Waals surface area (Å²) >= 11 is 0. The number of rotatable bonds is 3. The van der Waals surface area contributed by atoms with Crippen molar-refractivity contribution in [1.82, 2.24) is 5.32 Å². The van der Waals surface area contributed by atoms with Crippen molar-refractivity contribution in [3.63, 3.8) is 0 Å². The minimum absolute atomic E-state index is 0.192. The maximum absolute atomic E-state index is 6.05. The summed E-state index contributed by atoms with van der Waals surface area (Å²) in [7, 11) is 0. The highest BCUT2D eigenvalue weighted by Crippen LogP contribution is 2.36. The molecule has 0 aromatic heterocycles. The Morgan fingerprint density at radius 2 is 1.80 bits per heavy atom. The van der Waals surface area contributed by atoms with Gasteiger partial charge in [-0.3, -0.25) is 0 Å². The summed E-state index contributed by atoms with van der Waals surface area (Å²) in [5.74, 6) is 1.72. The van der Waals surface area contributed by atoms with Gasteiger partial charge in [-0.05, 0) is 68.3 Å². The molecular formula is C18H29NO. The van der Waals surface area contributed by atoms with Crippen LogP contribution in [0.15, 0.2) is 18.2 Å². The van der Waals surface area contributed by atoms with Crippen LogP contribution < -0.4 is 10.1 Å². The highest BCUT2D eigenvalue weighted by atomic mass is 16.5. The van der Waals surface area contributed by atoms with Gasteiger partial charge in [0.15, 0.2) is 0 Å². The number of nitrogens with one attached hydrogen (secondary N) is 1. The lowest BCUT2D eigenvalue weighted by atomic mass is 9.82. The predicted molar refractivity (Wildman–Crippen MR) is 85.8 cm³/mol. The average molecular weight is 275 g/mol. The minimum Gasteiger partial charge on any atom is -0.491 e. The smallest absolute Gasteiger partial charge is 0.123 e. The summed E-state index contributed by atoms with van der Waals surface area (Å²) in [4.78, 5) is 0. The van der Waals surface area contributed by atoms with Gasteiger partial charge >= 0.3 is 0 Å². The van der Waals surface area contributed by atoms with Crippen LogP contribution >= 0.6 is 0 Å². The Hall–Kier alpha value is -1.02. The first kappa shape index (κ1) is 15.4. The summed E-state index contributed by atoms with van der Waals surface area (Å²) < 4.78 is 6.05. The summed E-state index contributed by atoms with van der Waals surface area (Å²) in [5.41, 5.74) is 3.01. The zero-order valence-corrected chi connectivity index (χ0v) is 13.6. The third kappa shape index (κ3) is 3.76. The third-order valence-electron chi connectivity index (χ3n) is 4.02. The standard InChI is InChI=1S/C18H29NO/c1-13(2)20-17-7-6-15(18(3,4)5)12-16(17)14-8-10-19-11-9-14/h6-7,12-14,19H,8-11H2,1-5H3. The van der Waals surface area contributed by atoms with Crippen molar-refractivity contribution < 1.29 is 4.74 Å². The van der Waals surface area contributed by atoms with Crippen molar-refractivity contribution in [1.29, 1.82) is 0 Å². The van der Waals surface area contributed by atoms with E-state index in [0.717, 1.165) is 18.8 Å². The van der Waals surface area contributed by atoms with Gasteiger partial charge in [0.25, 0.3) is 0 Å². The monoisotopic (exact) mass is 275 g/mol. The third-order valence-corrected chi connectivity index (χ3v) is 4.02. The summed E-state index contributed by atoms with van der Waals surface area (Å²) in [6.07, 6.45) is 2.65. The molecule has 1 aliphatic heterocycles. The molecule has 1 aliphatic rings. The minimum atomic E-state index is 0.192. The number of hydrogen-bond acceptors (Lipinski definition) is 2. The van der Waals surface area contributed by atoms with E-state index in [9.17, 15) is 0 Å². The molecule has 2 heteroatoms. The maximum atomic E-state index is 6.05. The number of ether oxygens (including phenoxy) is 1. The molecule has 1 N–H and O–H groups in total. The van der Waals surface area contributed by atoms with E-state index in [4.69, 9.17) is 4.74 Å². The first-order valence-electron chi connectivity index (χ1n) is 7.89. The zero-order chi connectivity index (χ0) is 14.8. The van der Waals surface area contributed by atoms with E-state index < -0.39 is 0 Å². The second kappa shape index (κ2) is 6.17. The lowest BCUT2D eigenvalue weighted by Crippen LogP contribution is -2.27. The molecule has 1 aromatic carbocycles. The fourth-order valence-corrected chi connectivity index (χ4v) is 2.83. The van der Waals surface area contributed by atoms with Crippen molar-refractivity contribution >= 4 is 0 Å². The Bertz CT molecular complexity index is 439. The fourth-order valence-electron chi connectivity index (χ4n) is 2.83. The number of hydrogen-bond donors (Lipinski definition) is 1. The predicted octanol–water partition coefficient (Wildman–Crippen LogP) is 4.24. The van der Waals surface area contributed by atoms with E-state index in [1.54, 1.807) is 0 Å². The van der Waals surface area contributed by atoms with Gasteiger partial charge < -0.3 is 10.1 Å². The molecule has 2 rings (SSSR count). The van der Waals surface area contributed by atoms with Crippen LogP contribution in [0, 0.1) is 0 Å². The van der Waals surface area contributed by atoms with Gasteiger partial charge in [0.2, 0.25) is 0 Å². The Kier molecular flexibility index (Phi) is 4.74. The maximum Gasteiger partial charge on any atom is 0.123 e. The molecule has 0 atom stereocenters. The Morgan fingerprint density at radius 1 is 1.15 bits per heavy atom. The Labute approximate surface area is 123 Å². The largest absolute Gasteiger partial charge is 0.491 e. The molecule has 0 radical (unpaired) electrons. The normalized spacial score (nSPS) is 17.5. The lowest BCUT2D eigenvalue weighted by Gasteiger charge is -2.28. The summed E-state index contributed by atoms with van der Waals surface area (Å²) in [6.45, 7) is 13.3. The molecule has 1 saturated heterocycles. The SMILES string of the molecule is CC(C)Oc1ccc(C(C)(C)C)cc1C1CCNCC1. The van der Waals surface area contributed by atoms with Gasteiger partial charge in [-0.1, -0.05) is 32.9 Å². The van der Waals surface area contributed by atoms with Crippen LogP contribution in [0.4, 0.5) is 0 Å². The highest BCUT2D eigenvalue weighted by Gasteiger charge is 2.22. The van der Waals surface area contributed by atoms with Crippen LogP contribution in [0.25, 0.3) is 0 Å². The van der Waals surface area contributed by atoms with Gasteiger partial charge in [0.05, 0.1) is 6.10 Å². The van der Waals surface area contributed by atoms with Crippen LogP contribution in [0.1, 0.15) is 64.5 Å². The molecule has 1 heterocycles. The molecule has 0 saturated carbocycles. The highest BCUT2D eigenvalue weighted by molar-refractivity contribution is 5.42. The quantitative estimate of drug-likeness (QED) is 0.891. The fraction of sp³-hybridized carbons (Fsp3) is 0.667. The summed E-state index contributed by atoms with van der Waals surface area (Å²) in [5, 5.41) is 3.45. The number of benzene rings is 1. The van der Waals surface area contributed by atoms with Crippen molar-refractivity contribution in [3.05, 3.63) is 29.3 Å². The van der Waals surface area contributed by atoms with E-state index in [-0.39, 0.29) is 11.5 Å². The summed E-state index contributed by atoms with van der Waals surface area (Å²) in [6, 6.07) is 6.79. The molecular weight excluding hydrogens is 246 g/mol. The molecule has 0 unspecified atom stereocenters. The average Bonchev–Trinajstić information content (AvgIpc) is 2.38. The molecule has 2 nitrogen and oxygen atoms in total. The topological polar surface area (TPSA) is 21.3 Å². The second-order valence-corrected chi connectivity index (χ2v) is 7.19. The first-order valence-corrected chi connectivity index (χ1v) is 7.89. The van der Waals surface area contributed by atoms with Gasteiger partial charge in [-0.2, -0.15) is 0 Å². The molecule has 20 heavy (non-hydrogen) atoms. The van der Waals surface area contributed by atoms with Gasteiger partial charge in [-0.25, -0.2) is 0 Å². The number of piperidine rings is 1. The molecule has 1 fully saturated rings. The van der Waals surface area contributed by atoms with E-state index in [1.807, 2.05) is 0 Å². The van der Waals surface area contributed by atoms with Crippen molar-refractivity contribution in [3.8, 4) is 5.75 Å². The van der Waals surface area contributed by atoms with Crippen LogP contribution in [-0.2, 0) is 5.41 Å². The molecule has 0 aliphatic carbocycles. The Morgan fingerprint density at radius 3 is 2.35 bits per heavy atom. The molecule has 112 valence electrons. The zero-order valence-electron chi connectivity index (χ0n) is 13.6. The second-order valence-electron chi connectivity index (χ2n) is 7.19. The van der Waals surface area contributed by atoms with Gasteiger partial charge in [-0.15, -0.1) is 0 Å². The van der Waals surface area contributed by atoms with Crippen molar-refractivity contribution in [2.24, 2.45) is 0 Å². The van der Waals surface area contributed by atoms with Crippen LogP contribution in [0.5, 0.6) is 5.75 Å². The molecule has 1 aromatic rings. The van der Waals surface area contributed by atoms with E-state index >= 15 is 0 Å². The first-order chi connectivity index (χ1) is 9.38. The van der Waals surface area contributed by atoms with Gasteiger partial charge in [0, 0.05) is 0 Å². The molecule has 0 spiro atoms. The lowest BCUT2D eigenvalue weighted by molar-refractivity contribution is 0.237. The van der Waals surface area contributed by atoms with Crippen molar-refractivity contribution in [2.75, 3.05) is 13.1 Å². The van der Waals surface area contributed by atoms with E-state index in [1.165, 1.54) is 24.0 Å². The van der Waals surface area contributed by atoms with Crippen LogP contribution in [0.2, 0.25) is 0 Å². The van der Waals surface area contributed by atoms with Crippen LogP contribution in [0.3, 0.4) is 0 Å². The molecule has 0 bridgehead atoms. The van der Waals surface area contributed by atoms with E-state index in [0.29, 0.717) is 5.92 Å². The van der Waals surface area contributed by atoms with Crippen molar-refractivity contribution in [2.45, 2.75) is 64.9 Å². The van der Waals surface area contributed by atoms with Gasteiger partial charge in [0.1, 0.15) is 5.75 Å².